The van der Waals surface area contributed by atoms with Gasteiger partial charge in [0.15, 0.2) is 0 Å². The third kappa shape index (κ3) is 6.21. The maximum Gasteiger partial charge on any atom is 0.0546 e. The van der Waals surface area contributed by atoms with Crippen LogP contribution in [0.2, 0.25) is 0 Å². The third-order valence-corrected chi connectivity index (χ3v) is 11.8. The minimum Gasteiger partial charge on any atom is -0.310 e. The van der Waals surface area contributed by atoms with Crippen molar-refractivity contribution in [2.45, 2.75) is 0 Å². The highest BCUT2D eigenvalue weighted by molar-refractivity contribution is 6.15. The summed E-state index contributed by atoms with van der Waals surface area (Å²) >= 11 is 0. The Morgan fingerprint density at radius 1 is 0.220 bits per heavy atom. The zero-order chi connectivity index (χ0) is 39.1. The molecule has 11 aromatic carbocycles. The van der Waals surface area contributed by atoms with Crippen molar-refractivity contribution in [2.24, 2.45) is 0 Å². The number of fused-ring (bicyclic) bond motifs is 6. The molecule has 1 heteroatoms. The van der Waals surface area contributed by atoms with Gasteiger partial charge in [-0.05, 0) is 125 Å². The van der Waals surface area contributed by atoms with Gasteiger partial charge < -0.3 is 4.90 Å². The molecule has 0 bridgehead atoms. The van der Waals surface area contributed by atoms with Gasteiger partial charge in [0.25, 0.3) is 0 Å². The van der Waals surface area contributed by atoms with E-state index in [2.05, 4.69) is 241 Å². The van der Waals surface area contributed by atoms with E-state index in [9.17, 15) is 0 Å². The van der Waals surface area contributed by atoms with Crippen molar-refractivity contribution in [1.29, 1.82) is 0 Å². The fourth-order valence-corrected chi connectivity index (χ4v) is 8.98. The molecule has 0 aliphatic heterocycles. The highest BCUT2D eigenvalue weighted by Gasteiger charge is 2.19. The van der Waals surface area contributed by atoms with Crippen LogP contribution < -0.4 is 4.90 Å². The van der Waals surface area contributed by atoms with Crippen molar-refractivity contribution in [3.63, 3.8) is 0 Å². The van der Waals surface area contributed by atoms with E-state index in [1.165, 1.54) is 87.6 Å². The standard InChI is InChI=1S/C58H39N/c1-3-15-40(16-4-1)44-31-36-51(41-17-5-2-6-18-41)56(37-44)42-27-32-47(33-28-42)59(58-39-46-20-8-10-22-50(46)53-24-13-14-26-55(53)58)48-34-29-43(30-35-48)57-38-45-19-7-9-21-49(45)52-23-11-12-25-54(52)57/h1-39H. The van der Waals surface area contributed by atoms with Gasteiger partial charge in [-0.25, -0.2) is 0 Å². The lowest BCUT2D eigenvalue weighted by atomic mass is 9.91. The zero-order valence-electron chi connectivity index (χ0n) is 32.5. The lowest BCUT2D eigenvalue weighted by molar-refractivity contribution is 1.30. The van der Waals surface area contributed by atoms with Gasteiger partial charge in [0.1, 0.15) is 0 Å². The SMILES string of the molecule is c1ccc(-c2ccc(-c3ccccc3)c(-c3ccc(N(c4ccc(-c5cc6ccccc6c6ccccc56)cc4)c4cc5ccccc5c5ccccc45)cc3)c2)cc1. The predicted molar refractivity (Wildman–Crippen MR) is 253 cm³/mol. The zero-order valence-corrected chi connectivity index (χ0v) is 32.5. The molecule has 11 aromatic rings. The van der Waals surface area contributed by atoms with Crippen LogP contribution in [0.5, 0.6) is 0 Å². The summed E-state index contributed by atoms with van der Waals surface area (Å²) in [6, 6.07) is 86.3. The normalized spacial score (nSPS) is 11.4. The molecular formula is C58H39N. The average Bonchev–Trinajstić information content (AvgIpc) is 3.32. The summed E-state index contributed by atoms with van der Waals surface area (Å²) < 4.78 is 0. The Hall–Kier alpha value is -7.74. The first-order valence-corrected chi connectivity index (χ1v) is 20.3. The number of hydrogen-bond donors (Lipinski definition) is 0. The Morgan fingerprint density at radius 3 is 1.25 bits per heavy atom. The van der Waals surface area contributed by atoms with E-state index in [0.717, 1.165) is 17.1 Å². The Labute approximate surface area is 344 Å². The average molecular weight is 750 g/mol. The molecule has 1 nitrogen and oxygen atoms in total. The van der Waals surface area contributed by atoms with Gasteiger partial charge in [-0.3, -0.25) is 0 Å². The monoisotopic (exact) mass is 749 g/mol. The summed E-state index contributed by atoms with van der Waals surface area (Å²) in [6.07, 6.45) is 0. The first-order chi connectivity index (χ1) is 29.3. The summed E-state index contributed by atoms with van der Waals surface area (Å²) in [4.78, 5) is 2.43. The summed E-state index contributed by atoms with van der Waals surface area (Å²) in [6.45, 7) is 0. The molecular weight excluding hydrogens is 711 g/mol. The molecule has 0 aliphatic carbocycles. The van der Waals surface area contributed by atoms with Crippen molar-refractivity contribution in [3.05, 3.63) is 237 Å². The van der Waals surface area contributed by atoms with E-state index >= 15 is 0 Å². The first kappa shape index (κ1) is 34.5. The van der Waals surface area contributed by atoms with Crippen molar-refractivity contribution in [1.82, 2.24) is 0 Å². The maximum atomic E-state index is 2.43. The van der Waals surface area contributed by atoms with Crippen LogP contribution in [0.4, 0.5) is 17.1 Å². The van der Waals surface area contributed by atoms with Crippen LogP contribution in [0.25, 0.3) is 87.6 Å². The van der Waals surface area contributed by atoms with Gasteiger partial charge in [0.2, 0.25) is 0 Å². The number of nitrogens with zero attached hydrogens (tertiary/aromatic N) is 1. The van der Waals surface area contributed by atoms with Crippen molar-refractivity contribution in [3.8, 4) is 44.5 Å². The molecule has 0 saturated heterocycles. The topological polar surface area (TPSA) is 3.24 Å². The molecule has 0 N–H and O–H groups in total. The maximum absolute atomic E-state index is 2.43. The van der Waals surface area contributed by atoms with Crippen LogP contribution in [-0.4, -0.2) is 0 Å². The van der Waals surface area contributed by atoms with Crippen LogP contribution in [-0.2, 0) is 0 Å². The van der Waals surface area contributed by atoms with Gasteiger partial charge in [-0.1, -0.05) is 194 Å². The smallest absolute Gasteiger partial charge is 0.0546 e. The second-order valence-electron chi connectivity index (χ2n) is 15.3. The Balaban J connectivity index is 1.08. The van der Waals surface area contributed by atoms with Crippen molar-refractivity contribution in [2.75, 3.05) is 4.90 Å². The number of rotatable bonds is 7. The molecule has 0 fully saturated rings. The van der Waals surface area contributed by atoms with E-state index in [1.54, 1.807) is 0 Å². The molecule has 0 atom stereocenters. The molecule has 0 amide bonds. The molecule has 0 radical (unpaired) electrons. The number of anilines is 3. The molecule has 0 heterocycles. The third-order valence-electron chi connectivity index (χ3n) is 11.8. The second kappa shape index (κ2) is 14.6. The minimum atomic E-state index is 1.10. The molecule has 0 unspecified atom stereocenters. The predicted octanol–water partition coefficient (Wildman–Crippen LogP) is 16.4. The van der Waals surface area contributed by atoms with Crippen molar-refractivity contribution < 1.29 is 0 Å². The van der Waals surface area contributed by atoms with Crippen LogP contribution >= 0.6 is 0 Å². The molecule has 0 aliphatic rings. The summed E-state index contributed by atoms with van der Waals surface area (Å²) in [5, 5.41) is 9.99. The van der Waals surface area contributed by atoms with Crippen molar-refractivity contribution >= 4 is 60.2 Å². The van der Waals surface area contributed by atoms with Crippen LogP contribution in [0.3, 0.4) is 0 Å². The second-order valence-corrected chi connectivity index (χ2v) is 15.3. The van der Waals surface area contributed by atoms with E-state index in [1.807, 2.05) is 0 Å². The van der Waals surface area contributed by atoms with E-state index in [0.29, 0.717) is 0 Å². The minimum absolute atomic E-state index is 1.10. The van der Waals surface area contributed by atoms with Gasteiger partial charge >= 0.3 is 0 Å². The van der Waals surface area contributed by atoms with Gasteiger partial charge in [0, 0.05) is 16.8 Å². The molecule has 0 spiro atoms. The molecule has 0 saturated carbocycles. The highest BCUT2D eigenvalue weighted by Crippen LogP contribution is 2.44. The van der Waals surface area contributed by atoms with E-state index < -0.39 is 0 Å². The van der Waals surface area contributed by atoms with Gasteiger partial charge in [-0.15, -0.1) is 0 Å². The Kier molecular flexibility index (Phi) is 8.56. The summed E-state index contributed by atoms with van der Waals surface area (Å²) in [7, 11) is 0. The molecule has 59 heavy (non-hydrogen) atoms. The van der Waals surface area contributed by atoms with E-state index in [-0.39, 0.29) is 0 Å². The van der Waals surface area contributed by atoms with Gasteiger partial charge in [-0.2, -0.15) is 0 Å². The molecule has 11 rings (SSSR count). The first-order valence-electron chi connectivity index (χ1n) is 20.3. The van der Waals surface area contributed by atoms with Crippen LogP contribution in [0.15, 0.2) is 237 Å². The van der Waals surface area contributed by atoms with E-state index in [4.69, 9.17) is 0 Å². The molecule has 276 valence electrons. The lowest BCUT2D eigenvalue weighted by Gasteiger charge is -2.28. The summed E-state index contributed by atoms with van der Waals surface area (Å²) in [5.41, 5.74) is 13.0. The van der Waals surface area contributed by atoms with Gasteiger partial charge in [0.05, 0.1) is 5.69 Å². The Morgan fingerprint density at radius 2 is 0.644 bits per heavy atom. The summed E-state index contributed by atoms with van der Waals surface area (Å²) in [5.74, 6) is 0. The number of benzene rings is 11. The van der Waals surface area contributed by atoms with Crippen LogP contribution in [0.1, 0.15) is 0 Å². The highest BCUT2D eigenvalue weighted by atomic mass is 15.1. The lowest BCUT2D eigenvalue weighted by Crippen LogP contribution is -2.10. The number of hydrogen-bond acceptors (Lipinski definition) is 1. The Bertz CT molecular complexity index is 3290. The quantitative estimate of drug-likeness (QED) is 0.147. The van der Waals surface area contributed by atoms with Crippen LogP contribution in [0, 0.1) is 0 Å². The molecule has 0 aromatic heterocycles. The fourth-order valence-electron chi connectivity index (χ4n) is 8.98. The largest absolute Gasteiger partial charge is 0.310 e. The fraction of sp³-hybridized carbons (Fsp3) is 0.